The molecular formula is C37H55N13O6. The van der Waals surface area contributed by atoms with Crippen molar-refractivity contribution in [1.29, 1.82) is 0 Å². The van der Waals surface area contributed by atoms with Gasteiger partial charge in [-0.3, -0.25) is 34.0 Å². The molecule has 0 unspecified atom stereocenters. The minimum absolute atomic E-state index is 0.0201. The smallest absolute Gasteiger partial charge is 0.243 e. The highest BCUT2D eigenvalue weighted by atomic mass is 16.3. The number of phenols is 1. The van der Waals surface area contributed by atoms with Gasteiger partial charge in [0.2, 0.25) is 29.5 Å². The Morgan fingerprint density at radius 2 is 1.18 bits per heavy atom. The van der Waals surface area contributed by atoms with Crippen molar-refractivity contribution >= 4 is 52.4 Å². The van der Waals surface area contributed by atoms with Crippen molar-refractivity contribution in [2.24, 2.45) is 44.4 Å². The lowest BCUT2D eigenvalue weighted by atomic mass is 10.0. The maximum atomic E-state index is 13.8. The van der Waals surface area contributed by atoms with E-state index >= 15 is 0 Å². The van der Waals surface area contributed by atoms with Crippen molar-refractivity contribution < 1.29 is 29.1 Å². The summed E-state index contributed by atoms with van der Waals surface area (Å²) in [5, 5.41) is 21.3. The number of guanidine groups is 2. The first-order valence-electron chi connectivity index (χ1n) is 18.4. The molecule has 3 aromatic rings. The Morgan fingerprint density at radius 1 is 0.679 bits per heavy atom. The maximum Gasteiger partial charge on any atom is 0.243 e. The lowest BCUT2D eigenvalue weighted by molar-refractivity contribution is -0.134. The number of nitrogens with two attached hydrogens (primary N) is 6. The van der Waals surface area contributed by atoms with Crippen LogP contribution in [0.4, 0.5) is 0 Å². The number of phenolic OH excluding ortho intramolecular Hbond substituents is 1. The summed E-state index contributed by atoms with van der Waals surface area (Å²) in [5.41, 5.74) is 36.1. The van der Waals surface area contributed by atoms with Gasteiger partial charge in [-0.2, -0.15) is 0 Å². The number of para-hydroxylation sites is 1. The van der Waals surface area contributed by atoms with E-state index in [1.807, 2.05) is 31.2 Å². The topological polar surface area (TPSA) is 350 Å². The van der Waals surface area contributed by atoms with Gasteiger partial charge in [0.25, 0.3) is 0 Å². The van der Waals surface area contributed by atoms with Crippen molar-refractivity contribution in [3.8, 4) is 5.75 Å². The van der Waals surface area contributed by atoms with E-state index in [4.69, 9.17) is 34.4 Å². The molecule has 0 aliphatic rings. The third kappa shape index (κ3) is 14.5. The average Bonchev–Trinajstić information content (AvgIpc) is 3.56. The molecule has 0 aliphatic heterocycles. The molecule has 5 amide bonds. The number of benzene rings is 2. The molecule has 56 heavy (non-hydrogen) atoms. The van der Waals surface area contributed by atoms with Gasteiger partial charge >= 0.3 is 0 Å². The standard InChI is InChI=1S/C37H55N13O6/c1-2-7-27(33(54)49-29(11-6-17-45-37(42)43)35(56)50-30(31(39)52)18-21-12-14-23(51)15-13-21)48-34(55)28(10-5-16-44-36(40)41)47-32(53)25(38)19-22-20-46-26-9-4-3-8-24(22)26/h3-4,8-9,12-15,20,25,27-30,46,51H,2,5-7,10-11,16-19,38H2,1H3,(H2,39,52)(H,47,53)(H,48,55)(H,49,54)(H,50,56)(H4,40,41,44)(H4,42,43,45)/t25-,27-,28-,29-,30-/m0/s1. The number of fused-ring (bicyclic) bond motifs is 1. The number of H-pyrrole nitrogens is 1. The molecular weight excluding hydrogens is 722 g/mol. The zero-order valence-corrected chi connectivity index (χ0v) is 31.5. The highest BCUT2D eigenvalue weighted by Gasteiger charge is 2.31. The molecule has 19 nitrogen and oxygen atoms in total. The van der Waals surface area contributed by atoms with E-state index in [0.29, 0.717) is 18.4 Å². The first-order chi connectivity index (χ1) is 26.7. The van der Waals surface area contributed by atoms with Crippen molar-refractivity contribution in [2.75, 3.05) is 13.1 Å². The number of aromatic amines is 1. The number of nitrogens with one attached hydrogen (secondary N) is 5. The number of nitrogens with zero attached hydrogens (tertiary/aromatic N) is 2. The number of carbonyl (C=O) groups is 5. The monoisotopic (exact) mass is 777 g/mol. The van der Waals surface area contributed by atoms with Crippen LogP contribution >= 0.6 is 0 Å². The number of primary amides is 1. The van der Waals surface area contributed by atoms with E-state index in [1.165, 1.54) is 12.1 Å². The summed E-state index contributed by atoms with van der Waals surface area (Å²) in [6.45, 7) is 2.14. The molecule has 304 valence electrons. The van der Waals surface area contributed by atoms with Gasteiger partial charge in [0, 0.05) is 36.6 Å². The van der Waals surface area contributed by atoms with Gasteiger partial charge < -0.3 is 65.8 Å². The zero-order chi connectivity index (χ0) is 41.2. The van der Waals surface area contributed by atoms with Crippen LogP contribution in [0.15, 0.2) is 64.7 Å². The molecule has 19 heteroatoms. The van der Waals surface area contributed by atoms with Gasteiger partial charge in [0.05, 0.1) is 6.04 Å². The molecule has 5 atom stereocenters. The number of hydrogen-bond acceptors (Lipinski definition) is 9. The minimum atomic E-state index is -1.19. The lowest BCUT2D eigenvalue weighted by Crippen LogP contribution is -2.59. The van der Waals surface area contributed by atoms with Crippen molar-refractivity contribution in [2.45, 2.75) is 88.5 Å². The van der Waals surface area contributed by atoms with Gasteiger partial charge in [0.1, 0.15) is 29.9 Å². The summed E-state index contributed by atoms with van der Waals surface area (Å²) in [7, 11) is 0. The summed E-state index contributed by atoms with van der Waals surface area (Å²) in [5.74, 6) is -3.70. The first-order valence-corrected chi connectivity index (χ1v) is 18.4. The van der Waals surface area contributed by atoms with Gasteiger partial charge in [-0.15, -0.1) is 0 Å². The fourth-order valence-corrected chi connectivity index (χ4v) is 5.92. The van der Waals surface area contributed by atoms with Gasteiger partial charge in [-0.25, -0.2) is 0 Å². The second kappa shape index (κ2) is 22.1. The minimum Gasteiger partial charge on any atom is -0.508 e. The normalized spacial score (nSPS) is 13.6. The Bertz CT molecular complexity index is 1840. The van der Waals surface area contributed by atoms with Gasteiger partial charge in [-0.05, 0) is 67.9 Å². The third-order valence-corrected chi connectivity index (χ3v) is 8.85. The largest absolute Gasteiger partial charge is 0.508 e. The molecule has 3 rings (SSSR count). The molecule has 0 fully saturated rings. The molecule has 18 N–H and O–H groups in total. The Hall–Kier alpha value is -6.37. The van der Waals surface area contributed by atoms with Crippen LogP contribution in [-0.4, -0.2) is 94.8 Å². The Labute approximate surface area is 324 Å². The van der Waals surface area contributed by atoms with Crippen LogP contribution in [-0.2, 0) is 36.8 Å². The quantitative estimate of drug-likeness (QED) is 0.0293. The number of amides is 5. The molecule has 0 spiro atoms. The number of aromatic nitrogens is 1. The summed E-state index contributed by atoms with van der Waals surface area (Å²) >= 11 is 0. The van der Waals surface area contributed by atoms with Crippen LogP contribution in [0.1, 0.15) is 56.6 Å². The lowest BCUT2D eigenvalue weighted by Gasteiger charge is -2.26. The van der Waals surface area contributed by atoms with Crippen LogP contribution in [0.5, 0.6) is 5.75 Å². The molecule has 0 aliphatic carbocycles. The molecule has 1 heterocycles. The SMILES string of the molecule is CCC[C@H](NC(=O)[C@H](CCCN=C(N)N)NC(=O)[C@@H](N)Cc1c[nH]c2ccccc12)C(=O)N[C@@H](CCCN=C(N)N)C(=O)N[C@@H](Cc1ccc(O)cc1)C(N)=O. The van der Waals surface area contributed by atoms with Gasteiger partial charge in [0.15, 0.2) is 11.9 Å². The fourth-order valence-electron chi connectivity index (χ4n) is 5.92. The number of aliphatic imine (C=N–C) groups is 2. The molecule has 0 bridgehead atoms. The Balaban J connectivity index is 1.77. The molecule has 0 radical (unpaired) electrons. The summed E-state index contributed by atoms with van der Waals surface area (Å²) < 4.78 is 0. The Morgan fingerprint density at radius 3 is 1.70 bits per heavy atom. The Kier molecular flexibility index (Phi) is 17.4. The summed E-state index contributed by atoms with van der Waals surface area (Å²) in [4.78, 5) is 78.0. The van der Waals surface area contributed by atoms with Crippen LogP contribution in [0.2, 0.25) is 0 Å². The molecule has 2 aromatic carbocycles. The van der Waals surface area contributed by atoms with E-state index in [9.17, 15) is 29.1 Å². The van der Waals surface area contributed by atoms with Crippen LogP contribution in [0, 0.1) is 0 Å². The predicted octanol–water partition coefficient (Wildman–Crippen LogP) is -1.68. The summed E-state index contributed by atoms with van der Waals surface area (Å²) in [6, 6.07) is 8.03. The number of rotatable bonds is 23. The van der Waals surface area contributed by atoms with Gasteiger partial charge in [-0.1, -0.05) is 43.7 Å². The molecule has 1 aromatic heterocycles. The van der Waals surface area contributed by atoms with Crippen molar-refractivity contribution in [3.05, 3.63) is 65.9 Å². The second-order valence-corrected chi connectivity index (χ2v) is 13.4. The molecule has 0 saturated heterocycles. The van der Waals surface area contributed by atoms with E-state index in [1.54, 1.807) is 18.3 Å². The predicted molar refractivity (Wildman–Crippen MR) is 213 cm³/mol. The number of hydrogen-bond donors (Lipinski definition) is 12. The maximum absolute atomic E-state index is 13.8. The highest BCUT2D eigenvalue weighted by molar-refractivity contribution is 5.96. The third-order valence-electron chi connectivity index (χ3n) is 8.85. The van der Waals surface area contributed by atoms with Crippen LogP contribution in [0.25, 0.3) is 10.9 Å². The van der Waals surface area contributed by atoms with Crippen LogP contribution in [0.3, 0.4) is 0 Å². The zero-order valence-electron chi connectivity index (χ0n) is 31.5. The van der Waals surface area contributed by atoms with E-state index in [0.717, 1.165) is 16.5 Å². The first kappa shape index (κ1) is 44.0. The van der Waals surface area contributed by atoms with E-state index < -0.39 is 59.7 Å². The second-order valence-electron chi connectivity index (χ2n) is 13.4. The number of carbonyl (C=O) groups excluding carboxylic acids is 5. The van der Waals surface area contributed by atoms with E-state index in [-0.39, 0.29) is 69.3 Å². The highest BCUT2D eigenvalue weighted by Crippen LogP contribution is 2.19. The van der Waals surface area contributed by atoms with Crippen molar-refractivity contribution in [3.63, 3.8) is 0 Å². The number of aromatic hydroxyl groups is 1. The fraction of sp³-hybridized carbons (Fsp3) is 0.432. The molecule has 0 saturated carbocycles. The average molecular weight is 778 g/mol. The van der Waals surface area contributed by atoms with Crippen LogP contribution < -0.4 is 55.7 Å². The van der Waals surface area contributed by atoms with Crippen molar-refractivity contribution in [1.82, 2.24) is 26.3 Å². The summed E-state index contributed by atoms with van der Waals surface area (Å²) in [6.07, 6.45) is 3.38. The van der Waals surface area contributed by atoms with E-state index in [2.05, 4.69) is 36.2 Å².